The van der Waals surface area contributed by atoms with E-state index in [0.29, 0.717) is 11.6 Å². The third-order valence-corrected chi connectivity index (χ3v) is 3.68. The minimum Gasteiger partial charge on any atom is -0.337 e. The topological polar surface area (TPSA) is 32.3 Å². The molecule has 0 radical (unpaired) electrons. The minimum atomic E-state index is -0.509. The van der Waals surface area contributed by atoms with Crippen LogP contribution in [0.15, 0.2) is 24.3 Å². The molecule has 2 fully saturated rings. The van der Waals surface area contributed by atoms with Crippen LogP contribution in [0.3, 0.4) is 0 Å². The number of nitrogens with one attached hydrogen (secondary N) is 1. The highest BCUT2D eigenvalue weighted by Gasteiger charge is 2.38. The van der Waals surface area contributed by atoms with Crippen molar-refractivity contribution in [1.82, 2.24) is 10.2 Å². The van der Waals surface area contributed by atoms with Crippen molar-refractivity contribution in [3.05, 3.63) is 35.6 Å². The van der Waals surface area contributed by atoms with Gasteiger partial charge in [0.2, 0.25) is 5.91 Å². The van der Waals surface area contributed by atoms with E-state index in [1.165, 1.54) is 6.07 Å². The molecule has 2 aliphatic rings. The number of hydrogen-bond donors (Lipinski definition) is 1. The molecule has 0 aliphatic carbocycles. The number of fused-ring (bicyclic) bond motifs is 1. The van der Waals surface area contributed by atoms with Crippen LogP contribution < -0.4 is 5.32 Å². The first-order valence-corrected chi connectivity index (χ1v) is 6.05. The predicted octanol–water partition coefficient (Wildman–Crippen LogP) is 1.46. The summed E-state index contributed by atoms with van der Waals surface area (Å²) in [7, 11) is 0. The van der Waals surface area contributed by atoms with Gasteiger partial charge in [-0.1, -0.05) is 18.2 Å². The van der Waals surface area contributed by atoms with E-state index in [1.54, 1.807) is 18.2 Å². The Bertz CT molecular complexity index is 449. The molecule has 1 N–H and O–H groups in total. The highest BCUT2D eigenvalue weighted by atomic mass is 19.1. The van der Waals surface area contributed by atoms with Gasteiger partial charge in [0, 0.05) is 24.7 Å². The molecule has 90 valence electrons. The van der Waals surface area contributed by atoms with Gasteiger partial charge in [0.25, 0.3) is 0 Å². The lowest BCUT2D eigenvalue weighted by Gasteiger charge is -2.35. The maximum Gasteiger partial charge on any atom is 0.244 e. The van der Waals surface area contributed by atoms with Gasteiger partial charge < -0.3 is 10.2 Å². The van der Waals surface area contributed by atoms with Crippen molar-refractivity contribution in [1.29, 1.82) is 0 Å². The second-order valence-electron chi connectivity index (χ2n) is 4.69. The second kappa shape index (κ2) is 4.11. The van der Waals surface area contributed by atoms with Crippen LogP contribution in [0.5, 0.6) is 0 Å². The summed E-state index contributed by atoms with van der Waals surface area (Å²) in [5, 5.41) is 3.17. The van der Waals surface area contributed by atoms with Gasteiger partial charge in [0.05, 0.1) is 0 Å². The molecule has 2 heterocycles. The molecule has 2 atom stereocenters. The Hall–Kier alpha value is -1.42. The van der Waals surface area contributed by atoms with Crippen molar-refractivity contribution in [2.75, 3.05) is 13.1 Å². The van der Waals surface area contributed by atoms with Gasteiger partial charge in [-0.05, 0) is 18.9 Å². The standard InChI is InChI=1S/C13H15FN2O/c14-11-6-2-1-5-10(11)12-13(17)16-7-3-4-9(16)8-15-12/h1-2,5-6,9,12,15H,3-4,7-8H2. The molecule has 3 rings (SSSR count). The van der Waals surface area contributed by atoms with E-state index in [4.69, 9.17) is 0 Å². The van der Waals surface area contributed by atoms with Gasteiger partial charge in [-0.3, -0.25) is 4.79 Å². The van der Waals surface area contributed by atoms with Gasteiger partial charge in [-0.15, -0.1) is 0 Å². The molecule has 2 unspecified atom stereocenters. The van der Waals surface area contributed by atoms with E-state index < -0.39 is 6.04 Å². The van der Waals surface area contributed by atoms with E-state index in [0.717, 1.165) is 25.9 Å². The Kier molecular flexibility index (Phi) is 2.59. The number of halogens is 1. The Labute approximate surface area is 99.6 Å². The molecule has 0 bridgehead atoms. The zero-order chi connectivity index (χ0) is 11.8. The summed E-state index contributed by atoms with van der Waals surface area (Å²) in [4.78, 5) is 14.2. The smallest absolute Gasteiger partial charge is 0.244 e. The molecule has 0 saturated carbocycles. The lowest BCUT2D eigenvalue weighted by atomic mass is 10.0. The van der Waals surface area contributed by atoms with E-state index in [9.17, 15) is 9.18 Å². The summed E-state index contributed by atoms with van der Waals surface area (Å²) >= 11 is 0. The average molecular weight is 234 g/mol. The number of hydrogen-bond acceptors (Lipinski definition) is 2. The highest BCUT2D eigenvalue weighted by molar-refractivity contribution is 5.84. The Balaban J connectivity index is 1.90. The zero-order valence-corrected chi connectivity index (χ0v) is 9.53. The maximum atomic E-state index is 13.7. The van der Waals surface area contributed by atoms with E-state index in [1.807, 2.05) is 4.90 Å². The number of nitrogens with zero attached hydrogens (tertiary/aromatic N) is 1. The quantitative estimate of drug-likeness (QED) is 0.798. The first-order valence-electron chi connectivity index (χ1n) is 6.05. The first kappa shape index (κ1) is 10.7. The van der Waals surface area contributed by atoms with Crippen LogP contribution in [0.25, 0.3) is 0 Å². The summed E-state index contributed by atoms with van der Waals surface area (Å²) in [5.41, 5.74) is 0.461. The molecular formula is C13H15FN2O. The van der Waals surface area contributed by atoms with Gasteiger partial charge in [-0.25, -0.2) is 4.39 Å². The van der Waals surface area contributed by atoms with Crippen LogP contribution in [0.4, 0.5) is 4.39 Å². The van der Waals surface area contributed by atoms with Gasteiger partial charge in [0.15, 0.2) is 0 Å². The minimum absolute atomic E-state index is 0.0175. The lowest BCUT2D eigenvalue weighted by Crippen LogP contribution is -2.53. The van der Waals surface area contributed by atoms with Crippen LogP contribution in [0.1, 0.15) is 24.4 Å². The van der Waals surface area contributed by atoms with Crippen LogP contribution >= 0.6 is 0 Å². The van der Waals surface area contributed by atoms with Gasteiger partial charge >= 0.3 is 0 Å². The first-order chi connectivity index (χ1) is 8.27. The highest BCUT2D eigenvalue weighted by Crippen LogP contribution is 2.28. The van der Waals surface area contributed by atoms with Gasteiger partial charge in [0.1, 0.15) is 11.9 Å². The number of carbonyl (C=O) groups excluding carboxylic acids is 1. The molecule has 2 aliphatic heterocycles. The summed E-state index contributed by atoms with van der Waals surface area (Å²) < 4.78 is 13.7. The van der Waals surface area contributed by atoms with E-state index >= 15 is 0 Å². The summed E-state index contributed by atoms with van der Waals surface area (Å²) in [6.07, 6.45) is 2.12. The van der Waals surface area contributed by atoms with Crippen molar-refractivity contribution in [3.8, 4) is 0 Å². The Morgan fingerprint density at radius 2 is 2.18 bits per heavy atom. The molecular weight excluding hydrogens is 219 g/mol. The second-order valence-corrected chi connectivity index (χ2v) is 4.69. The van der Waals surface area contributed by atoms with Crippen molar-refractivity contribution < 1.29 is 9.18 Å². The van der Waals surface area contributed by atoms with Gasteiger partial charge in [-0.2, -0.15) is 0 Å². The molecule has 1 aromatic rings. The fourth-order valence-corrected chi connectivity index (χ4v) is 2.80. The maximum absolute atomic E-state index is 13.7. The Morgan fingerprint density at radius 3 is 3.00 bits per heavy atom. The third-order valence-electron chi connectivity index (χ3n) is 3.68. The lowest BCUT2D eigenvalue weighted by molar-refractivity contribution is -0.137. The molecule has 1 aromatic carbocycles. The SMILES string of the molecule is O=C1C(c2ccccc2F)NCC2CCCN12. The van der Waals surface area contributed by atoms with Crippen LogP contribution in [0.2, 0.25) is 0 Å². The molecule has 3 nitrogen and oxygen atoms in total. The summed E-state index contributed by atoms with van der Waals surface area (Å²) in [6, 6.07) is 6.30. The van der Waals surface area contributed by atoms with Crippen molar-refractivity contribution in [3.63, 3.8) is 0 Å². The van der Waals surface area contributed by atoms with Crippen molar-refractivity contribution in [2.24, 2.45) is 0 Å². The number of carbonyl (C=O) groups is 1. The fourth-order valence-electron chi connectivity index (χ4n) is 2.80. The predicted molar refractivity (Wildman–Crippen MR) is 61.9 cm³/mol. The van der Waals surface area contributed by atoms with E-state index in [2.05, 4.69) is 5.32 Å². The molecule has 17 heavy (non-hydrogen) atoms. The molecule has 2 saturated heterocycles. The van der Waals surface area contributed by atoms with E-state index in [-0.39, 0.29) is 11.7 Å². The molecule has 4 heteroatoms. The molecule has 0 aromatic heterocycles. The summed E-state index contributed by atoms with van der Waals surface area (Å²) in [6.45, 7) is 1.58. The zero-order valence-electron chi connectivity index (χ0n) is 9.53. The van der Waals surface area contributed by atoms with Crippen LogP contribution in [-0.4, -0.2) is 29.9 Å². The number of piperazine rings is 1. The number of benzene rings is 1. The number of amides is 1. The third kappa shape index (κ3) is 1.72. The average Bonchev–Trinajstić information content (AvgIpc) is 2.80. The molecule has 0 spiro atoms. The monoisotopic (exact) mass is 234 g/mol. The van der Waals surface area contributed by atoms with Crippen molar-refractivity contribution in [2.45, 2.75) is 24.9 Å². The largest absolute Gasteiger partial charge is 0.337 e. The van der Waals surface area contributed by atoms with Crippen molar-refractivity contribution >= 4 is 5.91 Å². The van der Waals surface area contributed by atoms with Crippen LogP contribution in [0, 0.1) is 5.82 Å². The molecule has 1 amide bonds. The normalized spacial score (nSPS) is 28.3. The Morgan fingerprint density at radius 1 is 1.35 bits per heavy atom. The fraction of sp³-hybridized carbons (Fsp3) is 0.462. The number of rotatable bonds is 1. The van der Waals surface area contributed by atoms with Crippen LogP contribution in [-0.2, 0) is 4.79 Å². The summed E-state index contributed by atoms with van der Waals surface area (Å²) in [5.74, 6) is -0.292.